The molecule has 2 aromatic rings. The summed E-state index contributed by atoms with van der Waals surface area (Å²) in [7, 11) is 0. The molecule has 2 aromatic carbocycles. The molecule has 160 valence electrons. The molecule has 1 amide bonds. The van der Waals surface area contributed by atoms with Crippen LogP contribution < -0.4 is 10.1 Å². The van der Waals surface area contributed by atoms with E-state index in [0.29, 0.717) is 48.8 Å². The van der Waals surface area contributed by atoms with Gasteiger partial charge in [0.05, 0.1) is 25.4 Å². The minimum atomic E-state index is -3.04. The van der Waals surface area contributed by atoms with Crippen molar-refractivity contribution in [1.29, 1.82) is 0 Å². The molecule has 0 aromatic heterocycles. The van der Waals surface area contributed by atoms with E-state index < -0.39 is 12.4 Å². The van der Waals surface area contributed by atoms with Crippen LogP contribution in [0.25, 0.3) is 11.1 Å². The molecule has 30 heavy (non-hydrogen) atoms. The van der Waals surface area contributed by atoms with Crippen LogP contribution in [0.4, 0.5) is 18.9 Å². The lowest BCUT2D eigenvalue weighted by Crippen LogP contribution is -2.46. The van der Waals surface area contributed by atoms with E-state index in [1.165, 1.54) is 12.1 Å². The zero-order valence-corrected chi connectivity index (χ0v) is 16.2. The molecule has 1 N–H and O–H groups in total. The summed E-state index contributed by atoms with van der Waals surface area (Å²) in [4.78, 5) is 16.9. The number of fused-ring (bicyclic) bond motifs is 1. The first-order chi connectivity index (χ1) is 14.5. The number of alkyl halides is 2. The predicted molar refractivity (Wildman–Crippen MR) is 105 cm³/mol. The van der Waals surface area contributed by atoms with E-state index in [2.05, 4.69) is 15.0 Å². The van der Waals surface area contributed by atoms with Gasteiger partial charge in [0.15, 0.2) is 0 Å². The highest BCUT2D eigenvalue weighted by Gasteiger charge is 2.25. The highest BCUT2D eigenvalue weighted by atomic mass is 19.3. The molecular formula is C21H22F3N3O3. The van der Waals surface area contributed by atoms with Gasteiger partial charge in [-0.15, -0.1) is 0 Å². The highest BCUT2D eigenvalue weighted by molar-refractivity contribution is 6.02. The minimum Gasteiger partial charge on any atom is -0.435 e. The largest absolute Gasteiger partial charge is 0.435 e. The quantitative estimate of drug-likeness (QED) is 0.776. The lowest BCUT2D eigenvalue weighted by molar-refractivity contribution is -0.0499. The monoisotopic (exact) mass is 421 g/mol. The highest BCUT2D eigenvalue weighted by Crippen LogP contribution is 2.31. The Balaban J connectivity index is 1.48. The van der Waals surface area contributed by atoms with Crippen LogP contribution in [-0.4, -0.2) is 68.4 Å². The van der Waals surface area contributed by atoms with Gasteiger partial charge in [-0.05, 0) is 35.4 Å². The molecular weight excluding hydrogens is 399 g/mol. The van der Waals surface area contributed by atoms with Crippen molar-refractivity contribution >= 4 is 11.6 Å². The van der Waals surface area contributed by atoms with Crippen LogP contribution in [0, 0.1) is 5.82 Å². The number of benzene rings is 2. The van der Waals surface area contributed by atoms with E-state index in [4.69, 9.17) is 4.74 Å². The first kappa shape index (κ1) is 20.5. The van der Waals surface area contributed by atoms with Crippen LogP contribution in [0.2, 0.25) is 0 Å². The third-order valence-corrected chi connectivity index (χ3v) is 5.22. The minimum absolute atomic E-state index is 0.0791. The number of hydrogen-bond acceptors (Lipinski definition) is 5. The molecule has 2 aliphatic heterocycles. The first-order valence-electron chi connectivity index (χ1n) is 9.73. The number of hydrogen-bond donors (Lipinski definition) is 1. The van der Waals surface area contributed by atoms with Crippen LogP contribution in [-0.2, 0) is 4.74 Å². The average molecular weight is 421 g/mol. The van der Waals surface area contributed by atoms with Crippen LogP contribution in [0.15, 0.2) is 36.4 Å². The number of nitrogens with one attached hydrogen (secondary N) is 1. The van der Waals surface area contributed by atoms with E-state index in [0.717, 1.165) is 25.7 Å². The van der Waals surface area contributed by atoms with Gasteiger partial charge in [0.25, 0.3) is 5.91 Å². The fourth-order valence-corrected chi connectivity index (χ4v) is 3.65. The summed E-state index contributed by atoms with van der Waals surface area (Å²) in [6.45, 7) is 1.85. The first-order valence-corrected chi connectivity index (χ1v) is 9.73. The topological polar surface area (TPSA) is 54.0 Å². The van der Waals surface area contributed by atoms with Gasteiger partial charge in [0.1, 0.15) is 11.6 Å². The van der Waals surface area contributed by atoms with Crippen LogP contribution in [0.3, 0.4) is 0 Å². The Bertz CT molecular complexity index is 920. The summed E-state index contributed by atoms with van der Waals surface area (Å²) in [5, 5.41) is 3.22. The third kappa shape index (κ3) is 4.68. The number of rotatable bonds is 6. The molecule has 1 saturated heterocycles. The molecule has 6 nitrogen and oxygen atoms in total. The molecule has 0 spiro atoms. The van der Waals surface area contributed by atoms with Crippen LogP contribution in [0.5, 0.6) is 5.75 Å². The summed E-state index contributed by atoms with van der Waals surface area (Å²) in [6, 6.07) is 8.54. The van der Waals surface area contributed by atoms with Crippen molar-refractivity contribution in [2.24, 2.45) is 0 Å². The Hall–Kier alpha value is -2.78. The Morgan fingerprint density at radius 1 is 1.07 bits per heavy atom. The molecule has 0 unspecified atom stereocenters. The van der Waals surface area contributed by atoms with Crippen molar-refractivity contribution in [2.75, 3.05) is 51.4 Å². The summed E-state index contributed by atoms with van der Waals surface area (Å²) in [5.74, 6) is -1.01. The number of anilines is 1. The summed E-state index contributed by atoms with van der Waals surface area (Å²) >= 11 is 0. The maximum absolute atomic E-state index is 13.8. The number of carbonyl (C=O) groups is 1. The van der Waals surface area contributed by atoms with Crippen molar-refractivity contribution < 1.29 is 27.4 Å². The van der Waals surface area contributed by atoms with Gasteiger partial charge in [-0.2, -0.15) is 8.78 Å². The molecule has 2 heterocycles. The van der Waals surface area contributed by atoms with Gasteiger partial charge in [-0.3, -0.25) is 9.69 Å². The van der Waals surface area contributed by atoms with Crippen molar-refractivity contribution in [1.82, 2.24) is 9.80 Å². The Morgan fingerprint density at radius 2 is 1.87 bits per heavy atom. The van der Waals surface area contributed by atoms with Gasteiger partial charge in [0.2, 0.25) is 0 Å². The Labute approximate surface area is 172 Å². The lowest BCUT2D eigenvalue weighted by Gasteiger charge is -2.33. The zero-order valence-electron chi connectivity index (χ0n) is 16.2. The molecule has 0 atom stereocenters. The second-order valence-electron chi connectivity index (χ2n) is 7.17. The van der Waals surface area contributed by atoms with Crippen molar-refractivity contribution in [3.05, 3.63) is 47.8 Å². The third-order valence-electron chi connectivity index (χ3n) is 5.22. The summed E-state index contributed by atoms with van der Waals surface area (Å²) < 4.78 is 48.4. The number of ether oxygens (including phenoxy) is 2. The van der Waals surface area contributed by atoms with E-state index in [-0.39, 0.29) is 11.7 Å². The molecule has 0 aliphatic carbocycles. The van der Waals surface area contributed by atoms with Crippen LogP contribution in [0.1, 0.15) is 10.4 Å². The second kappa shape index (κ2) is 8.93. The maximum Gasteiger partial charge on any atom is 0.387 e. The zero-order chi connectivity index (χ0) is 21.1. The molecule has 0 saturated carbocycles. The molecule has 1 fully saturated rings. The van der Waals surface area contributed by atoms with Gasteiger partial charge >= 0.3 is 6.61 Å². The van der Waals surface area contributed by atoms with Gasteiger partial charge in [-0.1, -0.05) is 6.07 Å². The van der Waals surface area contributed by atoms with Crippen molar-refractivity contribution in [2.45, 2.75) is 6.61 Å². The van der Waals surface area contributed by atoms with Gasteiger partial charge in [-0.25, -0.2) is 4.39 Å². The molecule has 2 aliphatic rings. The number of amides is 1. The predicted octanol–water partition coefficient (Wildman–Crippen LogP) is 3.25. The normalized spacial score (nSPS) is 17.1. The molecule has 0 radical (unpaired) electrons. The number of morpholine rings is 1. The average Bonchev–Trinajstić information content (AvgIpc) is 2.73. The van der Waals surface area contributed by atoms with Gasteiger partial charge in [0, 0.05) is 37.9 Å². The SMILES string of the molecule is O=C1c2ccc(-c3cc(F)cc(OC(F)F)c3)cc2NCN1CCN1CCOCC1. The number of nitrogens with zero attached hydrogens (tertiary/aromatic N) is 2. The number of carbonyl (C=O) groups excluding carboxylic acids is 1. The Morgan fingerprint density at radius 3 is 2.63 bits per heavy atom. The Kier molecular flexibility index (Phi) is 6.10. The summed E-state index contributed by atoms with van der Waals surface area (Å²) in [5.41, 5.74) is 2.13. The standard InChI is InChI=1S/C21H22F3N3O3/c22-16-9-15(10-17(12-16)30-21(23)24)14-1-2-18-19(11-14)25-13-27(20(18)28)4-3-26-5-7-29-8-6-26/h1-2,9-12,21,25H,3-8,13H2. The van der Waals surface area contributed by atoms with Crippen LogP contribution >= 0.6 is 0 Å². The molecule has 0 bridgehead atoms. The maximum atomic E-state index is 13.8. The molecule has 4 rings (SSSR count). The molecule has 9 heteroatoms. The van der Waals surface area contributed by atoms with Gasteiger partial charge < -0.3 is 19.7 Å². The smallest absolute Gasteiger partial charge is 0.387 e. The summed E-state index contributed by atoms with van der Waals surface area (Å²) in [6.07, 6.45) is 0. The van der Waals surface area contributed by atoms with Crippen molar-refractivity contribution in [3.63, 3.8) is 0 Å². The van der Waals surface area contributed by atoms with E-state index in [1.807, 2.05) is 0 Å². The van der Waals surface area contributed by atoms with E-state index >= 15 is 0 Å². The fourth-order valence-electron chi connectivity index (χ4n) is 3.65. The lowest BCUT2D eigenvalue weighted by atomic mass is 10.0. The fraction of sp³-hybridized carbons (Fsp3) is 0.381. The van der Waals surface area contributed by atoms with Crippen molar-refractivity contribution in [3.8, 4) is 16.9 Å². The number of halogens is 3. The van der Waals surface area contributed by atoms with E-state index in [9.17, 15) is 18.0 Å². The van der Waals surface area contributed by atoms with E-state index in [1.54, 1.807) is 23.1 Å². The second-order valence-corrected chi connectivity index (χ2v) is 7.17.